The highest BCUT2D eigenvalue weighted by atomic mass is 16.5. The molecule has 1 aliphatic heterocycles. The lowest BCUT2D eigenvalue weighted by atomic mass is 9.92. The Bertz CT molecular complexity index is 898. The number of hydrogen-bond donors (Lipinski definition) is 0. The molecule has 0 saturated carbocycles. The minimum absolute atomic E-state index is 0.0250. The Hall–Kier alpha value is -2.41. The van der Waals surface area contributed by atoms with E-state index < -0.39 is 0 Å². The average Bonchev–Trinajstić information content (AvgIpc) is 3.21. The maximum absolute atomic E-state index is 5.34. The number of fused-ring (bicyclic) bond motifs is 1. The molecular weight excluding hydrogens is 328 g/mol. The topological polar surface area (TPSA) is 62.7 Å². The van der Waals surface area contributed by atoms with Crippen LogP contribution in [0.25, 0.3) is 5.52 Å². The van der Waals surface area contributed by atoms with Crippen LogP contribution in [-0.2, 0) is 12.0 Å². The SMILES string of the molecule is Cc1cc(CN2CCN(c3nccn4nc(C(C)(C)C)cc34)CC2)on1. The number of aryl methyl sites for hydroxylation is 1. The zero-order chi connectivity index (χ0) is 18.3. The van der Waals surface area contributed by atoms with Crippen molar-refractivity contribution in [1.82, 2.24) is 24.7 Å². The number of piperazine rings is 1. The van der Waals surface area contributed by atoms with Crippen LogP contribution in [0.15, 0.2) is 29.0 Å². The summed E-state index contributed by atoms with van der Waals surface area (Å²) in [4.78, 5) is 9.41. The standard InChI is InChI=1S/C19H26N6O/c1-14-11-15(26-22-14)13-23-7-9-24(10-8-23)18-16-12-17(19(2,3)4)21-25(16)6-5-20-18/h5-6,11-12H,7-10,13H2,1-4H3. The van der Waals surface area contributed by atoms with Crippen molar-refractivity contribution < 1.29 is 4.52 Å². The van der Waals surface area contributed by atoms with Gasteiger partial charge in [0.15, 0.2) is 11.6 Å². The van der Waals surface area contributed by atoms with Crippen molar-refractivity contribution in [1.29, 1.82) is 0 Å². The highest BCUT2D eigenvalue weighted by molar-refractivity contribution is 5.69. The van der Waals surface area contributed by atoms with Gasteiger partial charge in [-0.25, -0.2) is 9.50 Å². The predicted molar refractivity (Wildman–Crippen MR) is 100 cm³/mol. The van der Waals surface area contributed by atoms with Gasteiger partial charge in [-0.05, 0) is 13.0 Å². The number of anilines is 1. The summed E-state index contributed by atoms with van der Waals surface area (Å²) in [5.41, 5.74) is 3.13. The van der Waals surface area contributed by atoms with Crippen molar-refractivity contribution in [3.8, 4) is 0 Å². The highest BCUT2D eigenvalue weighted by Crippen LogP contribution is 2.27. The van der Waals surface area contributed by atoms with Crippen LogP contribution < -0.4 is 4.90 Å². The second kappa shape index (κ2) is 6.39. The first-order valence-electron chi connectivity index (χ1n) is 9.14. The van der Waals surface area contributed by atoms with Crippen LogP contribution in [0.2, 0.25) is 0 Å². The smallest absolute Gasteiger partial charge is 0.154 e. The third-order valence-electron chi connectivity index (χ3n) is 4.87. The van der Waals surface area contributed by atoms with Crippen molar-refractivity contribution in [2.45, 2.75) is 39.7 Å². The van der Waals surface area contributed by atoms with Gasteiger partial charge in [0, 0.05) is 50.1 Å². The van der Waals surface area contributed by atoms with Gasteiger partial charge >= 0.3 is 0 Å². The van der Waals surface area contributed by atoms with Crippen LogP contribution >= 0.6 is 0 Å². The summed E-state index contributed by atoms with van der Waals surface area (Å²) >= 11 is 0. The lowest BCUT2D eigenvalue weighted by molar-refractivity contribution is 0.219. The number of hydrogen-bond acceptors (Lipinski definition) is 6. The monoisotopic (exact) mass is 354 g/mol. The van der Waals surface area contributed by atoms with E-state index in [1.165, 1.54) is 0 Å². The van der Waals surface area contributed by atoms with Crippen molar-refractivity contribution in [2.75, 3.05) is 31.1 Å². The predicted octanol–water partition coefficient (Wildman–Crippen LogP) is 2.65. The zero-order valence-corrected chi connectivity index (χ0v) is 15.9. The summed E-state index contributed by atoms with van der Waals surface area (Å²) < 4.78 is 7.29. The number of aromatic nitrogens is 4. The van der Waals surface area contributed by atoms with Crippen molar-refractivity contribution in [3.63, 3.8) is 0 Å². The fourth-order valence-electron chi connectivity index (χ4n) is 3.35. The van der Waals surface area contributed by atoms with E-state index in [-0.39, 0.29) is 5.41 Å². The quantitative estimate of drug-likeness (QED) is 0.721. The summed E-state index contributed by atoms with van der Waals surface area (Å²) in [6, 6.07) is 4.18. The third-order valence-corrected chi connectivity index (χ3v) is 4.87. The molecule has 4 rings (SSSR count). The largest absolute Gasteiger partial charge is 0.360 e. The van der Waals surface area contributed by atoms with Crippen molar-refractivity contribution in [3.05, 3.63) is 41.7 Å². The first-order valence-corrected chi connectivity index (χ1v) is 9.14. The molecule has 7 nitrogen and oxygen atoms in total. The number of nitrogens with zero attached hydrogens (tertiary/aromatic N) is 6. The van der Waals surface area contributed by atoms with Gasteiger partial charge in [0.2, 0.25) is 0 Å². The Kier molecular flexibility index (Phi) is 4.19. The molecule has 1 fully saturated rings. The Morgan fingerprint density at radius 3 is 2.54 bits per heavy atom. The second-order valence-electron chi connectivity index (χ2n) is 8.06. The molecule has 0 atom stereocenters. The number of rotatable bonds is 3. The molecule has 26 heavy (non-hydrogen) atoms. The summed E-state index contributed by atoms with van der Waals surface area (Å²) in [7, 11) is 0. The van der Waals surface area contributed by atoms with Crippen molar-refractivity contribution >= 4 is 11.3 Å². The van der Waals surface area contributed by atoms with E-state index >= 15 is 0 Å². The second-order valence-corrected chi connectivity index (χ2v) is 8.06. The van der Waals surface area contributed by atoms with E-state index in [9.17, 15) is 0 Å². The van der Waals surface area contributed by atoms with E-state index in [0.717, 1.165) is 61.2 Å². The third kappa shape index (κ3) is 3.31. The molecule has 0 amide bonds. The maximum Gasteiger partial charge on any atom is 0.154 e. The van der Waals surface area contributed by atoms with Gasteiger partial charge in [0.25, 0.3) is 0 Å². The molecule has 7 heteroatoms. The molecule has 0 spiro atoms. The molecule has 0 N–H and O–H groups in total. The zero-order valence-electron chi connectivity index (χ0n) is 15.9. The van der Waals surface area contributed by atoms with Crippen LogP contribution in [0, 0.1) is 6.92 Å². The first kappa shape index (κ1) is 17.0. The molecule has 0 aliphatic carbocycles. The molecule has 0 unspecified atom stereocenters. The van der Waals surface area contributed by atoms with Crippen LogP contribution in [0.4, 0.5) is 5.82 Å². The van der Waals surface area contributed by atoms with Crippen LogP contribution in [0.1, 0.15) is 37.9 Å². The Balaban J connectivity index is 1.49. The van der Waals surface area contributed by atoms with Crippen LogP contribution in [-0.4, -0.2) is 50.8 Å². The van der Waals surface area contributed by atoms with Gasteiger partial charge in [-0.1, -0.05) is 25.9 Å². The van der Waals surface area contributed by atoms with Gasteiger partial charge in [0.1, 0.15) is 5.52 Å². The lowest BCUT2D eigenvalue weighted by Crippen LogP contribution is -2.46. The molecular formula is C19H26N6O. The minimum atomic E-state index is 0.0250. The molecule has 0 aromatic carbocycles. The summed E-state index contributed by atoms with van der Waals surface area (Å²) in [5, 5.41) is 8.70. The van der Waals surface area contributed by atoms with E-state index in [0.29, 0.717) is 0 Å². The normalized spacial score (nSPS) is 16.5. The maximum atomic E-state index is 5.34. The molecule has 0 radical (unpaired) electrons. The Labute approximate surface area is 153 Å². The van der Waals surface area contributed by atoms with Crippen molar-refractivity contribution in [2.24, 2.45) is 0 Å². The fraction of sp³-hybridized carbons (Fsp3) is 0.526. The van der Waals surface area contributed by atoms with Gasteiger partial charge in [-0.15, -0.1) is 0 Å². The first-order chi connectivity index (χ1) is 12.4. The summed E-state index contributed by atoms with van der Waals surface area (Å²) in [6.45, 7) is 13.2. The Morgan fingerprint density at radius 1 is 1.12 bits per heavy atom. The minimum Gasteiger partial charge on any atom is -0.360 e. The van der Waals surface area contributed by atoms with E-state index in [1.54, 1.807) is 0 Å². The van der Waals surface area contributed by atoms with Gasteiger partial charge in [-0.3, -0.25) is 4.90 Å². The molecule has 3 aromatic heterocycles. The highest BCUT2D eigenvalue weighted by Gasteiger charge is 2.23. The molecule has 1 aliphatic rings. The van der Waals surface area contributed by atoms with E-state index in [2.05, 4.69) is 46.8 Å². The van der Waals surface area contributed by atoms with Gasteiger partial charge in [-0.2, -0.15) is 5.10 Å². The molecule has 3 aromatic rings. The van der Waals surface area contributed by atoms with Crippen LogP contribution in [0.3, 0.4) is 0 Å². The fourth-order valence-corrected chi connectivity index (χ4v) is 3.35. The average molecular weight is 354 g/mol. The molecule has 1 saturated heterocycles. The lowest BCUT2D eigenvalue weighted by Gasteiger charge is -2.35. The van der Waals surface area contributed by atoms with E-state index in [1.807, 2.05) is 29.9 Å². The van der Waals surface area contributed by atoms with Crippen LogP contribution in [0.5, 0.6) is 0 Å². The summed E-state index contributed by atoms with van der Waals surface area (Å²) in [6.07, 6.45) is 3.77. The Morgan fingerprint density at radius 2 is 1.88 bits per heavy atom. The van der Waals surface area contributed by atoms with E-state index in [4.69, 9.17) is 9.62 Å². The van der Waals surface area contributed by atoms with Gasteiger partial charge in [0.05, 0.1) is 17.9 Å². The molecule has 138 valence electrons. The van der Waals surface area contributed by atoms with Gasteiger partial charge < -0.3 is 9.42 Å². The summed E-state index contributed by atoms with van der Waals surface area (Å²) in [5.74, 6) is 1.95. The molecule has 4 heterocycles. The molecule has 0 bridgehead atoms.